The summed E-state index contributed by atoms with van der Waals surface area (Å²) < 4.78 is 5.01. The van der Waals surface area contributed by atoms with E-state index in [0.29, 0.717) is 16.5 Å². The number of hydrogen-bond acceptors (Lipinski definition) is 3. The molecule has 0 spiro atoms. The second kappa shape index (κ2) is 5.23. The lowest BCUT2D eigenvalue weighted by molar-refractivity contribution is -0.115. The van der Waals surface area contributed by atoms with Gasteiger partial charge in [0.1, 0.15) is 5.76 Å². The maximum atomic E-state index is 11.9. The Hall–Kier alpha value is -1.81. The van der Waals surface area contributed by atoms with Gasteiger partial charge in [-0.05, 0) is 26.0 Å². The average Bonchev–Trinajstić information content (AvgIpc) is 2.64. The number of nitrogens with zero attached hydrogens (tertiary/aromatic N) is 1. The van der Waals surface area contributed by atoms with Crippen molar-refractivity contribution in [1.82, 2.24) is 5.16 Å². The first-order chi connectivity index (χ1) is 8.58. The third-order valence-electron chi connectivity index (χ3n) is 2.67. The van der Waals surface area contributed by atoms with Crippen molar-refractivity contribution in [1.29, 1.82) is 0 Å². The number of nitrogens with one attached hydrogen (secondary N) is 1. The molecule has 1 amide bonds. The molecule has 0 radical (unpaired) electrons. The molecular weight excluding hydrogens is 252 g/mol. The van der Waals surface area contributed by atoms with Crippen LogP contribution < -0.4 is 5.32 Å². The fraction of sp³-hybridized carbons (Fsp3) is 0.231. The van der Waals surface area contributed by atoms with Crippen molar-refractivity contribution in [2.75, 3.05) is 5.32 Å². The Bertz CT molecular complexity index is 559. The van der Waals surface area contributed by atoms with Gasteiger partial charge in [0.25, 0.3) is 0 Å². The van der Waals surface area contributed by atoms with Crippen molar-refractivity contribution in [3.63, 3.8) is 0 Å². The zero-order valence-electron chi connectivity index (χ0n) is 10.2. The lowest BCUT2D eigenvalue weighted by atomic mass is 10.1. The van der Waals surface area contributed by atoms with Gasteiger partial charge in [-0.2, -0.15) is 0 Å². The third-order valence-corrected chi connectivity index (χ3v) is 3.00. The van der Waals surface area contributed by atoms with Crippen LogP contribution in [0.2, 0.25) is 5.02 Å². The molecule has 1 aromatic heterocycles. The molecule has 1 aromatic carbocycles. The van der Waals surface area contributed by atoms with Crippen LogP contribution in [0.5, 0.6) is 0 Å². The normalized spacial score (nSPS) is 10.4. The van der Waals surface area contributed by atoms with E-state index in [1.165, 1.54) is 0 Å². The number of rotatable bonds is 3. The Morgan fingerprint density at radius 1 is 1.39 bits per heavy atom. The minimum Gasteiger partial charge on any atom is -0.361 e. The highest BCUT2D eigenvalue weighted by Gasteiger charge is 2.14. The Labute approximate surface area is 110 Å². The number of aryl methyl sites for hydroxylation is 2. The minimum absolute atomic E-state index is 0.141. The molecule has 0 saturated heterocycles. The van der Waals surface area contributed by atoms with E-state index in [1.54, 1.807) is 19.1 Å². The van der Waals surface area contributed by atoms with Crippen LogP contribution in [0.15, 0.2) is 28.8 Å². The van der Waals surface area contributed by atoms with Gasteiger partial charge in [0.05, 0.1) is 22.8 Å². The summed E-state index contributed by atoms with van der Waals surface area (Å²) in [5.41, 5.74) is 2.16. The number of halogens is 1. The molecule has 0 aliphatic carbocycles. The highest BCUT2D eigenvalue weighted by atomic mass is 35.5. The van der Waals surface area contributed by atoms with Crippen LogP contribution in [0.4, 0.5) is 5.69 Å². The number of amides is 1. The first kappa shape index (κ1) is 12.6. The molecule has 2 aromatic rings. The standard InChI is InChI=1S/C13H13ClN2O2/c1-8-10(9(2)18-16-8)7-13(17)15-12-6-4-3-5-11(12)14/h3-6H,7H2,1-2H3,(H,15,17). The van der Waals surface area contributed by atoms with Crippen LogP contribution in [0, 0.1) is 13.8 Å². The molecule has 0 unspecified atom stereocenters. The number of carbonyl (C=O) groups excluding carboxylic acids is 1. The fourth-order valence-corrected chi connectivity index (χ4v) is 1.85. The van der Waals surface area contributed by atoms with Crippen LogP contribution in [0.3, 0.4) is 0 Å². The summed E-state index contributed by atoms with van der Waals surface area (Å²) in [6.45, 7) is 3.60. The van der Waals surface area contributed by atoms with E-state index >= 15 is 0 Å². The maximum Gasteiger partial charge on any atom is 0.229 e. The predicted octanol–water partition coefficient (Wildman–Crippen LogP) is 3.13. The molecule has 0 fully saturated rings. The van der Waals surface area contributed by atoms with Crippen molar-refractivity contribution < 1.29 is 9.32 Å². The lowest BCUT2D eigenvalue weighted by Crippen LogP contribution is -2.15. The fourth-order valence-electron chi connectivity index (χ4n) is 1.67. The molecule has 5 heteroatoms. The Morgan fingerprint density at radius 3 is 2.72 bits per heavy atom. The van der Waals surface area contributed by atoms with Gasteiger partial charge in [-0.1, -0.05) is 28.9 Å². The summed E-state index contributed by atoms with van der Waals surface area (Å²) in [4.78, 5) is 11.9. The largest absolute Gasteiger partial charge is 0.361 e. The maximum absolute atomic E-state index is 11.9. The number of para-hydroxylation sites is 1. The lowest BCUT2D eigenvalue weighted by Gasteiger charge is -2.06. The zero-order chi connectivity index (χ0) is 13.1. The molecule has 0 bridgehead atoms. The van der Waals surface area contributed by atoms with E-state index in [-0.39, 0.29) is 12.3 Å². The molecule has 0 aliphatic rings. The molecule has 94 valence electrons. The van der Waals surface area contributed by atoms with Gasteiger partial charge in [0.2, 0.25) is 5.91 Å². The zero-order valence-corrected chi connectivity index (χ0v) is 10.9. The van der Waals surface area contributed by atoms with Gasteiger partial charge in [0, 0.05) is 5.56 Å². The molecule has 4 nitrogen and oxygen atoms in total. The quantitative estimate of drug-likeness (QED) is 0.927. The van der Waals surface area contributed by atoms with E-state index in [2.05, 4.69) is 10.5 Å². The van der Waals surface area contributed by atoms with E-state index in [4.69, 9.17) is 16.1 Å². The third kappa shape index (κ3) is 2.71. The highest BCUT2D eigenvalue weighted by molar-refractivity contribution is 6.33. The summed E-state index contributed by atoms with van der Waals surface area (Å²) in [5.74, 6) is 0.527. The van der Waals surface area contributed by atoms with E-state index in [9.17, 15) is 4.79 Å². The second-order valence-electron chi connectivity index (χ2n) is 4.01. The topological polar surface area (TPSA) is 55.1 Å². The first-order valence-corrected chi connectivity index (χ1v) is 5.92. The Balaban J connectivity index is 2.08. The predicted molar refractivity (Wildman–Crippen MR) is 69.8 cm³/mol. The van der Waals surface area contributed by atoms with Crippen molar-refractivity contribution in [3.8, 4) is 0 Å². The minimum atomic E-state index is -0.141. The van der Waals surface area contributed by atoms with Crippen LogP contribution in [0.1, 0.15) is 17.0 Å². The van der Waals surface area contributed by atoms with Crippen LogP contribution >= 0.6 is 11.6 Å². The molecule has 0 atom stereocenters. The summed E-state index contributed by atoms with van der Waals surface area (Å²) in [6, 6.07) is 7.12. The van der Waals surface area contributed by atoms with Crippen molar-refractivity contribution in [2.45, 2.75) is 20.3 Å². The summed E-state index contributed by atoms with van der Waals surface area (Å²) in [5, 5.41) is 7.09. The molecule has 0 aliphatic heterocycles. The van der Waals surface area contributed by atoms with Gasteiger partial charge < -0.3 is 9.84 Å². The van der Waals surface area contributed by atoms with Gasteiger partial charge >= 0.3 is 0 Å². The Morgan fingerprint density at radius 2 is 2.11 bits per heavy atom. The van der Waals surface area contributed by atoms with Crippen molar-refractivity contribution in [2.24, 2.45) is 0 Å². The number of benzene rings is 1. The summed E-state index contributed by atoms with van der Waals surface area (Å²) in [7, 11) is 0. The van der Waals surface area contributed by atoms with Gasteiger partial charge in [0.15, 0.2) is 0 Å². The smallest absolute Gasteiger partial charge is 0.229 e. The average molecular weight is 265 g/mol. The number of aromatic nitrogens is 1. The number of anilines is 1. The van der Waals surface area contributed by atoms with Gasteiger partial charge in [-0.3, -0.25) is 4.79 Å². The summed E-state index contributed by atoms with van der Waals surface area (Å²) >= 11 is 5.97. The van der Waals surface area contributed by atoms with E-state index < -0.39 is 0 Å². The SMILES string of the molecule is Cc1noc(C)c1CC(=O)Nc1ccccc1Cl. The summed E-state index contributed by atoms with van der Waals surface area (Å²) in [6.07, 6.45) is 0.229. The number of carbonyl (C=O) groups is 1. The number of hydrogen-bond donors (Lipinski definition) is 1. The first-order valence-electron chi connectivity index (χ1n) is 5.54. The van der Waals surface area contributed by atoms with E-state index in [0.717, 1.165) is 11.3 Å². The Kier molecular flexibility index (Phi) is 3.67. The van der Waals surface area contributed by atoms with Crippen LogP contribution in [-0.4, -0.2) is 11.1 Å². The molecule has 0 saturated carbocycles. The van der Waals surface area contributed by atoms with Crippen molar-refractivity contribution >= 4 is 23.2 Å². The van der Waals surface area contributed by atoms with E-state index in [1.807, 2.05) is 19.1 Å². The van der Waals surface area contributed by atoms with Crippen molar-refractivity contribution in [3.05, 3.63) is 46.3 Å². The highest BCUT2D eigenvalue weighted by Crippen LogP contribution is 2.21. The van der Waals surface area contributed by atoms with Gasteiger partial charge in [-0.25, -0.2) is 0 Å². The molecule has 1 N–H and O–H groups in total. The second-order valence-corrected chi connectivity index (χ2v) is 4.41. The molecule has 1 heterocycles. The van der Waals surface area contributed by atoms with Crippen LogP contribution in [-0.2, 0) is 11.2 Å². The van der Waals surface area contributed by atoms with Gasteiger partial charge in [-0.15, -0.1) is 0 Å². The van der Waals surface area contributed by atoms with Crippen LogP contribution in [0.25, 0.3) is 0 Å². The monoisotopic (exact) mass is 264 g/mol. The molecule has 2 rings (SSSR count). The molecule has 18 heavy (non-hydrogen) atoms. The molecular formula is C13H13ClN2O2.